The van der Waals surface area contributed by atoms with Crippen LogP contribution < -0.4 is 0 Å². The van der Waals surface area contributed by atoms with Gasteiger partial charge in [-0.3, -0.25) is 4.90 Å². The Bertz CT molecular complexity index is 531. The molecule has 0 spiro atoms. The van der Waals surface area contributed by atoms with Crippen molar-refractivity contribution in [2.45, 2.75) is 39.5 Å². The summed E-state index contributed by atoms with van der Waals surface area (Å²) in [5.74, 6) is 0. The molecule has 1 N–H and O–H groups in total. The van der Waals surface area contributed by atoms with Gasteiger partial charge in [0.1, 0.15) is 0 Å². The molecule has 0 saturated carbocycles. The summed E-state index contributed by atoms with van der Waals surface area (Å²) in [6, 6.07) is 10.4. The minimum atomic E-state index is -0.700. The topological polar surface area (TPSA) is 36.4 Å². The lowest BCUT2D eigenvalue weighted by Crippen LogP contribution is -2.37. The van der Waals surface area contributed by atoms with E-state index in [0.29, 0.717) is 6.54 Å². The van der Waals surface area contributed by atoms with Gasteiger partial charge in [0.15, 0.2) is 0 Å². The molecular formula is C16H22N2OS. The Labute approximate surface area is 124 Å². The Balaban J connectivity index is 2.08. The second-order valence-corrected chi connectivity index (χ2v) is 7.11. The van der Waals surface area contributed by atoms with Gasteiger partial charge >= 0.3 is 0 Å². The van der Waals surface area contributed by atoms with E-state index in [1.165, 1.54) is 10.4 Å². The van der Waals surface area contributed by atoms with Gasteiger partial charge in [-0.05, 0) is 26.3 Å². The number of hydrogen-bond donors (Lipinski definition) is 1. The van der Waals surface area contributed by atoms with Gasteiger partial charge in [-0.2, -0.15) is 0 Å². The third kappa shape index (κ3) is 5.04. The number of rotatable bonds is 6. The van der Waals surface area contributed by atoms with Crippen LogP contribution in [0.3, 0.4) is 0 Å². The lowest BCUT2D eigenvalue weighted by atomic mass is 10.1. The Morgan fingerprint density at radius 2 is 1.90 bits per heavy atom. The lowest BCUT2D eigenvalue weighted by Gasteiger charge is -2.28. The summed E-state index contributed by atoms with van der Waals surface area (Å²) in [6.45, 7) is 8.02. The van der Waals surface area contributed by atoms with Crippen molar-refractivity contribution in [2.24, 2.45) is 0 Å². The number of hydrogen-bond acceptors (Lipinski definition) is 4. The highest BCUT2D eigenvalue weighted by atomic mass is 32.1. The van der Waals surface area contributed by atoms with E-state index in [0.717, 1.165) is 18.1 Å². The molecule has 1 aromatic heterocycles. The largest absolute Gasteiger partial charge is 0.389 e. The summed E-state index contributed by atoms with van der Waals surface area (Å²) < 4.78 is 0. The minimum absolute atomic E-state index is 0.638. The summed E-state index contributed by atoms with van der Waals surface area (Å²) in [4.78, 5) is 7.81. The highest BCUT2D eigenvalue weighted by Gasteiger charge is 2.19. The summed E-state index contributed by atoms with van der Waals surface area (Å²) in [7, 11) is 0. The third-order valence-corrected chi connectivity index (χ3v) is 3.81. The van der Waals surface area contributed by atoms with Crippen LogP contribution in [0.5, 0.6) is 0 Å². The maximum absolute atomic E-state index is 10.1. The van der Waals surface area contributed by atoms with Gasteiger partial charge in [-0.1, -0.05) is 30.3 Å². The van der Waals surface area contributed by atoms with Gasteiger partial charge in [0.25, 0.3) is 0 Å². The molecule has 0 bridgehead atoms. The SMILES string of the molecule is Cc1ncc(CN(Cc2ccccc2)CC(C)(C)O)s1. The van der Waals surface area contributed by atoms with Gasteiger partial charge in [-0.15, -0.1) is 11.3 Å². The number of aromatic nitrogens is 1. The standard InChI is InChI=1S/C16H22N2OS/c1-13-17-9-15(20-13)11-18(12-16(2,3)19)10-14-7-5-4-6-8-14/h4-9,19H,10-12H2,1-3H3. The van der Waals surface area contributed by atoms with Crippen LogP contribution in [0.2, 0.25) is 0 Å². The molecule has 0 unspecified atom stereocenters. The van der Waals surface area contributed by atoms with Crippen LogP contribution in [0.1, 0.15) is 29.3 Å². The highest BCUT2D eigenvalue weighted by molar-refractivity contribution is 7.11. The summed E-state index contributed by atoms with van der Waals surface area (Å²) in [5.41, 5.74) is 0.562. The zero-order chi connectivity index (χ0) is 14.6. The number of aliphatic hydroxyl groups is 1. The molecule has 1 heterocycles. The molecule has 0 radical (unpaired) electrons. The summed E-state index contributed by atoms with van der Waals surface area (Å²) >= 11 is 1.72. The first-order valence-corrected chi connectivity index (χ1v) is 7.64. The monoisotopic (exact) mass is 290 g/mol. The second-order valence-electron chi connectivity index (χ2n) is 5.79. The van der Waals surface area contributed by atoms with E-state index in [-0.39, 0.29) is 0 Å². The predicted molar refractivity (Wildman–Crippen MR) is 83.7 cm³/mol. The first-order valence-electron chi connectivity index (χ1n) is 6.82. The minimum Gasteiger partial charge on any atom is -0.389 e. The fraction of sp³-hybridized carbons (Fsp3) is 0.438. The molecule has 0 fully saturated rings. The van der Waals surface area contributed by atoms with Crippen LogP contribution in [-0.4, -0.2) is 27.1 Å². The van der Waals surface area contributed by atoms with E-state index in [1.54, 1.807) is 11.3 Å². The van der Waals surface area contributed by atoms with Crippen LogP contribution in [0, 0.1) is 6.92 Å². The Hall–Kier alpha value is -1.23. The summed E-state index contributed by atoms with van der Waals surface area (Å²) in [6.07, 6.45) is 1.93. The van der Waals surface area contributed by atoms with E-state index in [2.05, 4.69) is 34.1 Å². The number of benzene rings is 1. The van der Waals surface area contributed by atoms with Crippen LogP contribution in [0.4, 0.5) is 0 Å². The molecule has 1 aromatic carbocycles. The smallest absolute Gasteiger partial charge is 0.0897 e. The van der Waals surface area contributed by atoms with Gasteiger partial charge < -0.3 is 5.11 Å². The molecule has 3 nitrogen and oxygen atoms in total. The molecule has 0 saturated heterocycles. The predicted octanol–water partition coefficient (Wildman–Crippen LogP) is 3.22. The average molecular weight is 290 g/mol. The molecule has 108 valence electrons. The highest BCUT2D eigenvalue weighted by Crippen LogP contribution is 2.18. The molecule has 20 heavy (non-hydrogen) atoms. The third-order valence-electron chi connectivity index (χ3n) is 2.91. The van der Waals surface area contributed by atoms with E-state index in [4.69, 9.17) is 0 Å². The van der Waals surface area contributed by atoms with Crippen molar-refractivity contribution in [1.82, 2.24) is 9.88 Å². The zero-order valence-electron chi connectivity index (χ0n) is 12.3. The van der Waals surface area contributed by atoms with Crippen molar-refractivity contribution in [1.29, 1.82) is 0 Å². The van der Waals surface area contributed by atoms with Crippen molar-refractivity contribution in [3.63, 3.8) is 0 Å². The number of nitrogens with zero attached hydrogens (tertiary/aromatic N) is 2. The number of thiazole rings is 1. The van der Waals surface area contributed by atoms with Crippen LogP contribution in [0.15, 0.2) is 36.5 Å². The second kappa shape index (κ2) is 6.48. The van der Waals surface area contributed by atoms with Crippen molar-refractivity contribution >= 4 is 11.3 Å². The molecule has 2 rings (SSSR count). The molecule has 4 heteroatoms. The average Bonchev–Trinajstić information content (AvgIpc) is 2.74. The fourth-order valence-corrected chi connectivity index (χ4v) is 3.09. The molecule has 0 atom stereocenters. The fourth-order valence-electron chi connectivity index (χ4n) is 2.26. The Morgan fingerprint density at radius 3 is 2.45 bits per heavy atom. The Kier molecular flexibility index (Phi) is 4.91. The zero-order valence-corrected chi connectivity index (χ0v) is 13.2. The Morgan fingerprint density at radius 1 is 1.20 bits per heavy atom. The van der Waals surface area contributed by atoms with Crippen LogP contribution in [0.25, 0.3) is 0 Å². The van der Waals surface area contributed by atoms with Gasteiger partial charge in [0.2, 0.25) is 0 Å². The van der Waals surface area contributed by atoms with Gasteiger partial charge in [-0.25, -0.2) is 4.98 Å². The van der Waals surface area contributed by atoms with Crippen molar-refractivity contribution in [2.75, 3.05) is 6.54 Å². The van der Waals surface area contributed by atoms with E-state index in [9.17, 15) is 5.11 Å². The van der Waals surface area contributed by atoms with Crippen LogP contribution >= 0.6 is 11.3 Å². The van der Waals surface area contributed by atoms with Crippen molar-refractivity contribution in [3.8, 4) is 0 Å². The molecule has 0 aliphatic rings. The maximum Gasteiger partial charge on any atom is 0.0897 e. The summed E-state index contributed by atoms with van der Waals surface area (Å²) in [5, 5.41) is 11.2. The normalized spacial score (nSPS) is 12.1. The number of aryl methyl sites for hydroxylation is 1. The molecule has 0 aliphatic heterocycles. The molecule has 0 aliphatic carbocycles. The van der Waals surface area contributed by atoms with Gasteiger partial charge in [0, 0.05) is 30.7 Å². The van der Waals surface area contributed by atoms with E-state index < -0.39 is 5.60 Å². The maximum atomic E-state index is 10.1. The first kappa shape index (κ1) is 15.2. The van der Waals surface area contributed by atoms with Gasteiger partial charge in [0.05, 0.1) is 10.6 Å². The van der Waals surface area contributed by atoms with Crippen molar-refractivity contribution < 1.29 is 5.11 Å². The van der Waals surface area contributed by atoms with E-state index in [1.807, 2.05) is 33.0 Å². The van der Waals surface area contributed by atoms with E-state index >= 15 is 0 Å². The molecule has 0 amide bonds. The lowest BCUT2D eigenvalue weighted by molar-refractivity contribution is 0.0310. The molecule has 2 aromatic rings. The first-order chi connectivity index (χ1) is 9.42. The quantitative estimate of drug-likeness (QED) is 0.887. The molecular weight excluding hydrogens is 268 g/mol. The van der Waals surface area contributed by atoms with Crippen LogP contribution in [-0.2, 0) is 13.1 Å². The van der Waals surface area contributed by atoms with Crippen molar-refractivity contribution in [3.05, 3.63) is 52.0 Å².